The van der Waals surface area contributed by atoms with Crippen molar-refractivity contribution >= 4 is 21.8 Å². The molecule has 0 atom stereocenters. The molecule has 2 amide bonds. The molecule has 154 valence electrons. The molecule has 2 aromatic carbocycles. The zero-order chi connectivity index (χ0) is 21.0. The van der Waals surface area contributed by atoms with Crippen molar-refractivity contribution in [1.82, 2.24) is 14.5 Å². The zero-order valence-electron chi connectivity index (χ0n) is 16.6. The summed E-state index contributed by atoms with van der Waals surface area (Å²) in [6.07, 6.45) is 0. The van der Waals surface area contributed by atoms with Gasteiger partial charge in [-0.15, -0.1) is 0 Å². The molecular formula is C21H25N3O4S. The SMILES string of the molecule is CC(=O)N1CCN(S(=O)(=O)c2cccc(C(=O)NCc3ccc(C)cc3)c2)CC1. The first-order chi connectivity index (χ1) is 13.8. The van der Waals surface area contributed by atoms with Gasteiger partial charge in [0.15, 0.2) is 0 Å². The van der Waals surface area contributed by atoms with Crippen LogP contribution in [0.25, 0.3) is 0 Å². The van der Waals surface area contributed by atoms with Crippen LogP contribution < -0.4 is 5.32 Å². The van der Waals surface area contributed by atoms with Gasteiger partial charge >= 0.3 is 0 Å². The Hall–Kier alpha value is -2.71. The average molecular weight is 416 g/mol. The smallest absolute Gasteiger partial charge is 0.251 e. The Bertz CT molecular complexity index is 995. The van der Waals surface area contributed by atoms with Gasteiger partial charge < -0.3 is 10.2 Å². The third-order valence-corrected chi connectivity index (χ3v) is 6.89. The molecule has 0 radical (unpaired) electrons. The Morgan fingerprint density at radius 2 is 1.66 bits per heavy atom. The number of amides is 2. The van der Waals surface area contributed by atoms with Crippen LogP contribution in [0.15, 0.2) is 53.4 Å². The number of hydrogen-bond acceptors (Lipinski definition) is 4. The molecule has 29 heavy (non-hydrogen) atoms. The van der Waals surface area contributed by atoms with Crippen molar-refractivity contribution in [3.63, 3.8) is 0 Å². The molecule has 0 bridgehead atoms. The van der Waals surface area contributed by atoms with Crippen molar-refractivity contribution in [3.8, 4) is 0 Å². The fourth-order valence-corrected chi connectivity index (χ4v) is 4.65. The number of sulfonamides is 1. The molecule has 2 aromatic rings. The van der Waals surface area contributed by atoms with Gasteiger partial charge in [0.2, 0.25) is 15.9 Å². The van der Waals surface area contributed by atoms with Crippen molar-refractivity contribution in [2.45, 2.75) is 25.3 Å². The maximum absolute atomic E-state index is 12.9. The minimum Gasteiger partial charge on any atom is -0.348 e. The van der Waals surface area contributed by atoms with Gasteiger partial charge in [0, 0.05) is 45.2 Å². The van der Waals surface area contributed by atoms with E-state index in [4.69, 9.17) is 0 Å². The van der Waals surface area contributed by atoms with Crippen LogP contribution in [0.3, 0.4) is 0 Å². The third kappa shape index (κ3) is 5.02. The monoisotopic (exact) mass is 415 g/mol. The van der Waals surface area contributed by atoms with Gasteiger partial charge in [-0.1, -0.05) is 35.9 Å². The number of carbonyl (C=O) groups excluding carboxylic acids is 2. The van der Waals surface area contributed by atoms with Crippen LogP contribution in [-0.4, -0.2) is 55.6 Å². The molecule has 0 unspecified atom stereocenters. The third-order valence-electron chi connectivity index (χ3n) is 4.99. The van der Waals surface area contributed by atoms with Crippen LogP contribution >= 0.6 is 0 Å². The van der Waals surface area contributed by atoms with E-state index in [0.29, 0.717) is 25.2 Å². The molecule has 1 N–H and O–H groups in total. The van der Waals surface area contributed by atoms with Crippen molar-refractivity contribution < 1.29 is 18.0 Å². The summed E-state index contributed by atoms with van der Waals surface area (Å²) in [6.45, 7) is 5.05. The van der Waals surface area contributed by atoms with Crippen LogP contribution in [0.5, 0.6) is 0 Å². The summed E-state index contributed by atoms with van der Waals surface area (Å²) in [5, 5.41) is 2.82. The number of carbonyl (C=O) groups is 2. The van der Waals surface area contributed by atoms with Crippen molar-refractivity contribution in [2.24, 2.45) is 0 Å². The van der Waals surface area contributed by atoms with Crippen LogP contribution in [-0.2, 0) is 21.4 Å². The van der Waals surface area contributed by atoms with E-state index < -0.39 is 10.0 Å². The molecule has 1 heterocycles. The van der Waals surface area contributed by atoms with Gasteiger partial charge in [0.1, 0.15) is 0 Å². The van der Waals surface area contributed by atoms with E-state index in [1.165, 1.54) is 23.4 Å². The summed E-state index contributed by atoms with van der Waals surface area (Å²) >= 11 is 0. The van der Waals surface area contributed by atoms with E-state index in [-0.39, 0.29) is 29.8 Å². The van der Waals surface area contributed by atoms with Gasteiger partial charge in [-0.2, -0.15) is 4.31 Å². The largest absolute Gasteiger partial charge is 0.348 e. The quantitative estimate of drug-likeness (QED) is 0.807. The lowest BCUT2D eigenvalue weighted by atomic mass is 10.1. The second kappa shape index (κ2) is 8.75. The maximum atomic E-state index is 12.9. The molecule has 3 rings (SSSR count). The summed E-state index contributed by atoms with van der Waals surface area (Å²) in [7, 11) is -3.72. The first-order valence-corrected chi connectivity index (χ1v) is 10.9. The molecule has 0 spiro atoms. The summed E-state index contributed by atoms with van der Waals surface area (Å²) in [6, 6.07) is 13.9. The molecule has 1 fully saturated rings. The fraction of sp³-hybridized carbons (Fsp3) is 0.333. The van der Waals surface area contributed by atoms with Crippen LogP contribution in [0.2, 0.25) is 0 Å². The Labute approximate surface area is 171 Å². The first-order valence-electron chi connectivity index (χ1n) is 9.47. The Morgan fingerprint density at radius 3 is 2.28 bits per heavy atom. The highest BCUT2D eigenvalue weighted by molar-refractivity contribution is 7.89. The van der Waals surface area contributed by atoms with Crippen molar-refractivity contribution in [3.05, 3.63) is 65.2 Å². The highest BCUT2D eigenvalue weighted by Gasteiger charge is 2.29. The molecular weight excluding hydrogens is 390 g/mol. The Morgan fingerprint density at radius 1 is 1.00 bits per heavy atom. The summed E-state index contributed by atoms with van der Waals surface area (Å²) in [5.74, 6) is -0.390. The summed E-state index contributed by atoms with van der Waals surface area (Å²) in [5.41, 5.74) is 2.40. The number of piperazine rings is 1. The molecule has 0 aromatic heterocycles. The normalized spacial score (nSPS) is 15.2. The number of nitrogens with zero attached hydrogens (tertiary/aromatic N) is 2. The summed E-state index contributed by atoms with van der Waals surface area (Å²) < 4.78 is 27.2. The molecule has 1 saturated heterocycles. The van der Waals surface area contributed by atoms with Crippen molar-refractivity contribution in [1.29, 1.82) is 0 Å². The molecule has 8 heteroatoms. The van der Waals surface area contributed by atoms with E-state index in [1.54, 1.807) is 17.0 Å². The topological polar surface area (TPSA) is 86.8 Å². The van der Waals surface area contributed by atoms with Crippen LogP contribution in [0.4, 0.5) is 0 Å². The lowest BCUT2D eigenvalue weighted by molar-refractivity contribution is -0.129. The molecule has 1 aliphatic heterocycles. The number of rotatable bonds is 5. The maximum Gasteiger partial charge on any atom is 0.251 e. The highest BCUT2D eigenvalue weighted by atomic mass is 32.2. The van der Waals surface area contributed by atoms with E-state index >= 15 is 0 Å². The van der Waals surface area contributed by atoms with Crippen LogP contribution in [0.1, 0.15) is 28.4 Å². The number of aryl methyl sites for hydroxylation is 1. The van der Waals surface area contributed by atoms with Gasteiger partial charge in [-0.3, -0.25) is 9.59 Å². The second-order valence-corrected chi connectivity index (χ2v) is 9.04. The minimum absolute atomic E-state index is 0.0608. The Kier molecular flexibility index (Phi) is 6.34. The van der Waals surface area contributed by atoms with Gasteiger partial charge in [0.05, 0.1) is 4.90 Å². The lowest BCUT2D eigenvalue weighted by Gasteiger charge is -2.33. The van der Waals surface area contributed by atoms with E-state index in [0.717, 1.165) is 11.1 Å². The molecule has 1 aliphatic rings. The lowest BCUT2D eigenvalue weighted by Crippen LogP contribution is -2.49. The predicted octanol–water partition coefficient (Wildman–Crippen LogP) is 1.78. The van der Waals surface area contributed by atoms with E-state index in [9.17, 15) is 18.0 Å². The predicted molar refractivity (Wildman–Crippen MR) is 110 cm³/mol. The Balaban J connectivity index is 1.68. The second-order valence-electron chi connectivity index (χ2n) is 7.11. The standard InChI is InChI=1S/C21H25N3O4S/c1-16-6-8-18(9-7-16)15-22-21(26)19-4-3-5-20(14-19)29(27,28)24-12-10-23(11-13-24)17(2)25/h3-9,14H,10-13,15H2,1-2H3,(H,22,26). The van der Waals surface area contributed by atoms with Gasteiger partial charge in [0.25, 0.3) is 5.91 Å². The first kappa shape index (κ1) is 21.0. The number of benzene rings is 2. The van der Waals surface area contributed by atoms with Crippen molar-refractivity contribution in [2.75, 3.05) is 26.2 Å². The molecule has 0 aliphatic carbocycles. The molecule has 0 saturated carbocycles. The van der Waals surface area contributed by atoms with E-state index in [1.807, 2.05) is 31.2 Å². The van der Waals surface area contributed by atoms with Gasteiger partial charge in [-0.05, 0) is 30.7 Å². The van der Waals surface area contributed by atoms with E-state index in [2.05, 4.69) is 5.32 Å². The van der Waals surface area contributed by atoms with Crippen LogP contribution in [0, 0.1) is 6.92 Å². The average Bonchev–Trinajstić information content (AvgIpc) is 2.73. The highest BCUT2D eigenvalue weighted by Crippen LogP contribution is 2.19. The minimum atomic E-state index is -3.72. The number of hydrogen-bond donors (Lipinski definition) is 1. The summed E-state index contributed by atoms with van der Waals surface area (Å²) in [4.78, 5) is 25.6. The zero-order valence-corrected chi connectivity index (χ0v) is 17.4. The number of nitrogens with one attached hydrogen (secondary N) is 1. The molecule has 7 nitrogen and oxygen atoms in total. The fourth-order valence-electron chi connectivity index (χ4n) is 3.18. The van der Waals surface area contributed by atoms with Gasteiger partial charge in [-0.25, -0.2) is 8.42 Å².